The fraction of sp³-hybridized carbons (Fsp3) is 0.500. The number of fused-ring (bicyclic) bond motifs is 3. The van der Waals surface area contributed by atoms with Crippen LogP contribution in [-0.4, -0.2) is 30.8 Å². The number of benzene rings is 1. The smallest absolute Gasteiger partial charge is 0.166 e. The summed E-state index contributed by atoms with van der Waals surface area (Å²) >= 11 is 0. The molecule has 1 aromatic carbocycles. The highest BCUT2D eigenvalue weighted by Gasteiger charge is 2.38. The molecular weight excluding hydrogens is 236 g/mol. The lowest BCUT2D eigenvalue weighted by molar-refractivity contribution is 0.0881. The van der Waals surface area contributed by atoms with E-state index in [1.54, 1.807) is 0 Å². The van der Waals surface area contributed by atoms with Crippen LogP contribution in [0.25, 0.3) is 0 Å². The van der Waals surface area contributed by atoms with Gasteiger partial charge in [-0.15, -0.1) is 0 Å². The van der Waals surface area contributed by atoms with E-state index in [0.717, 1.165) is 25.6 Å². The lowest BCUT2D eigenvalue weighted by Gasteiger charge is -2.40. The number of carbonyl (C=O) groups excluding carboxylic acids is 1. The minimum atomic E-state index is -0.707. The molecule has 1 aliphatic carbocycles. The maximum Gasteiger partial charge on any atom is 0.166 e. The van der Waals surface area contributed by atoms with E-state index >= 15 is 0 Å². The first-order valence-corrected chi connectivity index (χ1v) is 6.27. The summed E-state index contributed by atoms with van der Waals surface area (Å²) < 4.78 is 27.1. The molecule has 4 heteroatoms. The summed E-state index contributed by atoms with van der Waals surface area (Å²) in [6.45, 7) is 1.72. The van der Waals surface area contributed by atoms with E-state index in [0.29, 0.717) is 12.0 Å². The quantitative estimate of drug-likeness (QED) is 0.706. The van der Waals surface area contributed by atoms with Crippen molar-refractivity contribution in [3.8, 4) is 0 Å². The molecule has 2 atom stereocenters. The van der Waals surface area contributed by atoms with Gasteiger partial charge in [-0.2, -0.15) is 0 Å². The van der Waals surface area contributed by atoms with Gasteiger partial charge in [-0.1, -0.05) is 0 Å². The molecule has 18 heavy (non-hydrogen) atoms. The Kier molecular flexibility index (Phi) is 2.70. The number of hydrogen-bond acceptors (Lipinski definition) is 2. The van der Waals surface area contributed by atoms with Gasteiger partial charge < -0.3 is 4.90 Å². The zero-order valence-electron chi connectivity index (χ0n) is 10.2. The van der Waals surface area contributed by atoms with Crippen molar-refractivity contribution in [3.63, 3.8) is 0 Å². The molecule has 96 valence electrons. The van der Waals surface area contributed by atoms with Gasteiger partial charge in [0.25, 0.3) is 0 Å². The standard InChI is InChI=1S/C14H15F2NO/c1-17-3-2-8-4-13(18)14-10(11(8)7-17)5-9(15)6-12(14)16/h5-6,8,11H,2-4,7H2,1H3/t8-,11-/m0/s1. The normalized spacial score (nSPS) is 27.8. The van der Waals surface area contributed by atoms with Gasteiger partial charge in [0, 0.05) is 24.9 Å². The van der Waals surface area contributed by atoms with Crippen LogP contribution in [0, 0.1) is 17.6 Å². The Hall–Kier alpha value is -1.29. The second-order valence-electron chi connectivity index (χ2n) is 5.40. The zero-order valence-corrected chi connectivity index (χ0v) is 10.2. The lowest BCUT2D eigenvalue weighted by Crippen LogP contribution is -2.40. The fourth-order valence-electron chi connectivity index (χ4n) is 3.28. The molecule has 1 aliphatic heterocycles. The molecular formula is C14H15F2NO. The molecule has 0 spiro atoms. The summed E-state index contributed by atoms with van der Waals surface area (Å²) in [7, 11) is 2.00. The van der Waals surface area contributed by atoms with Gasteiger partial charge in [-0.3, -0.25) is 4.79 Å². The summed E-state index contributed by atoms with van der Waals surface area (Å²) in [5.74, 6) is -1.15. The Morgan fingerprint density at radius 3 is 2.89 bits per heavy atom. The van der Waals surface area contributed by atoms with Crippen molar-refractivity contribution in [1.82, 2.24) is 4.90 Å². The molecule has 0 N–H and O–H groups in total. The van der Waals surface area contributed by atoms with Gasteiger partial charge in [-0.05, 0) is 37.6 Å². The Morgan fingerprint density at radius 1 is 1.33 bits per heavy atom. The predicted molar refractivity (Wildman–Crippen MR) is 63.7 cm³/mol. The molecule has 0 amide bonds. The lowest BCUT2D eigenvalue weighted by atomic mass is 9.71. The first-order chi connectivity index (χ1) is 8.56. The number of carbonyl (C=O) groups is 1. The van der Waals surface area contributed by atoms with Gasteiger partial charge in [-0.25, -0.2) is 8.78 Å². The average molecular weight is 251 g/mol. The van der Waals surface area contributed by atoms with Crippen molar-refractivity contribution in [1.29, 1.82) is 0 Å². The summed E-state index contributed by atoms with van der Waals surface area (Å²) in [5.41, 5.74) is 0.688. The van der Waals surface area contributed by atoms with Crippen molar-refractivity contribution >= 4 is 5.78 Å². The number of Topliss-reactive ketones (excluding diaryl/α,β-unsaturated/α-hetero) is 1. The van der Waals surface area contributed by atoms with Gasteiger partial charge >= 0.3 is 0 Å². The molecule has 0 saturated carbocycles. The van der Waals surface area contributed by atoms with Crippen LogP contribution in [0.2, 0.25) is 0 Å². The van der Waals surface area contributed by atoms with Crippen LogP contribution in [0.3, 0.4) is 0 Å². The van der Waals surface area contributed by atoms with Crippen LogP contribution in [0.5, 0.6) is 0 Å². The SMILES string of the molecule is CN1CC[C@H]2CC(=O)c3c(F)cc(F)cc3[C@H]2C1. The van der Waals surface area contributed by atoms with E-state index in [4.69, 9.17) is 0 Å². The van der Waals surface area contributed by atoms with Crippen LogP contribution < -0.4 is 0 Å². The number of halogens is 2. The van der Waals surface area contributed by atoms with Gasteiger partial charge in [0.1, 0.15) is 11.6 Å². The molecule has 0 radical (unpaired) electrons. The maximum absolute atomic E-state index is 13.8. The molecule has 1 heterocycles. The first-order valence-electron chi connectivity index (χ1n) is 6.27. The summed E-state index contributed by atoms with van der Waals surface area (Å²) in [5, 5.41) is 0. The van der Waals surface area contributed by atoms with Crippen LogP contribution >= 0.6 is 0 Å². The van der Waals surface area contributed by atoms with Crippen LogP contribution in [-0.2, 0) is 0 Å². The Balaban J connectivity index is 2.12. The molecule has 3 rings (SSSR count). The minimum absolute atomic E-state index is 0.0849. The highest BCUT2D eigenvalue weighted by Crippen LogP contribution is 2.41. The predicted octanol–water partition coefficient (Wildman–Crippen LogP) is 2.59. The van der Waals surface area contributed by atoms with Gasteiger partial charge in [0.15, 0.2) is 5.78 Å². The fourth-order valence-corrected chi connectivity index (χ4v) is 3.28. The third-order valence-corrected chi connectivity index (χ3v) is 4.17. The minimum Gasteiger partial charge on any atom is -0.306 e. The molecule has 1 aromatic rings. The van der Waals surface area contributed by atoms with Crippen LogP contribution in [0.1, 0.15) is 34.7 Å². The number of ketones is 1. The zero-order chi connectivity index (χ0) is 12.9. The Labute approximate surface area is 105 Å². The average Bonchev–Trinajstić information content (AvgIpc) is 2.29. The number of hydrogen-bond donors (Lipinski definition) is 0. The Morgan fingerprint density at radius 2 is 2.11 bits per heavy atom. The highest BCUT2D eigenvalue weighted by atomic mass is 19.1. The monoisotopic (exact) mass is 251 g/mol. The molecule has 0 unspecified atom stereocenters. The Bertz CT molecular complexity index is 515. The van der Waals surface area contributed by atoms with Crippen molar-refractivity contribution in [2.75, 3.05) is 20.1 Å². The molecule has 2 nitrogen and oxygen atoms in total. The number of rotatable bonds is 0. The second kappa shape index (κ2) is 4.12. The molecule has 0 aromatic heterocycles. The number of piperidine rings is 1. The van der Waals surface area contributed by atoms with Crippen LogP contribution in [0.4, 0.5) is 8.78 Å². The molecule has 0 bridgehead atoms. The number of likely N-dealkylation sites (tertiary alicyclic amines) is 1. The van der Waals surface area contributed by atoms with Crippen LogP contribution in [0.15, 0.2) is 12.1 Å². The van der Waals surface area contributed by atoms with E-state index in [1.165, 1.54) is 6.07 Å². The third kappa shape index (κ3) is 1.75. The van der Waals surface area contributed by atoms with E-state index in [9.17, 15) is 13.6 Å². The van der Waals surface area contributed by atoms with Crippen molar-refractivity contribution in [2.24, 2.45) is 5.92 Å². The van der Waals surface area contributed by atoms with E-state index in [-0.39, 0.29) is 23.2 Å². The van der Waals surface area contributed by atoms with Crippen molar-refractivity contribution in [3.05, 3.63) is 34.9 Å². The molecule has 1 saturated heterocycles. The summed E-state index contributed by atoms with van der Waals surface area (Å²) in [6, 6.07) is 2.15. The van der Waals surface area contributed by atoms with Crippen molar-refractivity contribution < 1.29 is 13.6 Å². The van der Waals surface area contributed by atoms with E-state index in [2.05, 4.69) is 4.90 Å². The highest BCUT2D eigenvalue weighted by molar-refractivity contribution is 5.99. The van der Waals surface area contributed by atoms with Crippen molar-refractivity contribution in [2.45, 2.75) is 18.8 Å². The van der Waals surface area contributed by atoms with Gasteiger partial charge in [0.05, 0.1) is 5.56 Å². The van der Waals surface area contributed by atoms with Gasteiger partial charge in [0.2, 0.25) is 0 Å². The maximum atomic E-state index is 13.8. The molecule has 1 fully saturated rings. The van der Waals surface area contributed by atoms with E-state index in [1.807, 2.05) is 7.05 Å². The largest absolute Gasteiger partial charge is 0.306 e. The number of nitrogens with zero attached hydrogens (tertiary/aromatic N) is 1. The summed E-state index contributed by atoms with van der Waals surface area (Å²) in [6.07, 6.45) is 1.32. The number of likely N-dealkylation sites (N-methyl/N-ethyl adjacent to an activating group) is 1. The second-order valence-corrected chi connectivity index (χ2v) is 5.40. The van der Waals surface area contributed by atoms with E-state index < -0.39 is 11.6 Å². The summed E-state index contributed by atoms with van der Waals surface area (Å²) in [4.78, 5) is 14.1. The topological polar surface area (TPSA) is 20.3 Å². The first kappa shape index (κ1) is 11.8. The third-order valence-electron chi connectivity index (χ3n) is 4.17. The molecule has 2 aliphatic rings.